The molecule has 2 rings (SSSR count). The van der Waals surface area contributed by atoms with Crippen molar-refractivity contribution in [2.24, 2.45) is 17.3 Å². The van der Waals surface area contributed by atoms with E-state index in [9.17, 15) is 27.2 Å². The highest BCUT2D eigenvalue weighted by atomic mass is 19.4. The third-order valence-corrected chi connectivity index (χ3v) is 4.12. The molecule has 0 spiro atoms. The highest BCUT2D eigenvalue weighted by molar-refractivity contribution is 6.08. The van der Waals surface area contributed by atoms with E-state index < -0.39 is 35.3 Å². The lowest BCUT2D eigenvalue weighted by Gasteiger charge is -2.29. The fourth-order valence-electron chi connectivity index (χ4n) is 2.77. The Morgan fingerprint density at radius 3 is 2.42 bits per heavy atom. The van der Waals surface area contributed by atoms with Gasteiger partial charge in [0.25, 0.3) is 0 Å². The van der Waals surface area contributed by atoms with Crippen LogP contribution in [0.25, 0.3) is 0 Å². The zero-order valence-electron chi connectivity index (χ0n) is 13.4. The fraction of sp³-hybridized carbons (Fsp3) is 0.500. The zero-order chi connectivity index (χ0) is 18.3. The summed E-state index contributed by atoms with van der Waals surface area (Å²) in [5.74, 6) is -3.90. The molecule has 2 amide bonds. The molecule has 8 heteroatoms. The summed E-state index contributed by atoms with van der Waals surface area (Å²) >= 11 is 0. The second-order valence-electron chi connectivity index (χ2n) is 6.88. The molecule has 1 saturated heterocycles. The molecule has 4 nitrogen and oxygen atoms in total. The summed E-state index contributed by atoms with van der Waals surface area (Å²) < 4.78 is 51.5. The smallest absolute Gasteiger partial charge is 0.355 e. The summed E-state index contributed by atoms with van der Waals surface area (Å²) in [7, 11) is 0. The molecule has 1 aromatic rings. The van der Waals surface area contributed by atoms with Crippen molar-refractivity contribution in [2.75, 3.05) is 11.9 Å². The van der Waals surface area contributed by atoms with Gasteiger partial charge in [-0.2, -0.15) is 13.2 Å². The number of carbonyl (C=O) groups is 2. The molecule has 2 unspecified atom stereocenters. The highest BCUT2D eigenvalue weighted by Crippen LogP contribution is 2.36. The molecule has 1 fully saturated rings. The van der Waals surface area contributed by atoms with Crippen LogP contribution in [0.5, 0.6) is 0 Å². The first-order chi connectivity index (χ1) is 10.9. The maximum atomic E-state index is 13.3. The number of amides is 2. The van der Waals surface area contributed by atoms with Crippen molar-refractivity contribution in [3.05, 3.63) is 29.6 Å². The first kappa shape index (κ1) is 18.2. The van der Waals surface area contributed by atoms with E-state index >= 15 is 0 Å². The molecule has 2 atom stereocenters. The Balaban J connectivity index is 2.25. The van der Waals surface area contributed by atoms with Gasteiger partial charge in [0.1, 0.15) is 11.7 Å². The van der Waals surface area contributed by atoms with E-state index in [1.807, 2.05) is 20.8 Å². The lowest BCUT2D eigenvalue weighted by molar-refractivity contribution is -0.140. The molecular formula is C16H18F4N2O2. The molecule has 0 aliphatic carbocycles. The van der Waals surface area contributed by atoms with E-state index in [1.165, 1.54) is 0 Å². The van der Waals surface area contributed by atoms with Gasteiger partial charge in [-0.1, -0.05) is 20.8 Å². The summed E-state index contributed by atoms with van der Waals surface area (Å²) in [6.45, 7) is 5.94. The van der Waals surface area contributed by atoms with Crippen molar-refractivity contribution < 1.29 is 27.2 Å². The Kier molecular flexibility index (Phi) is 4.61. The van der Waals surface area contributed by atoms with Gasteiger partial charge in [-0.05, 0) is 23.6 Å². The first-order valence-electron chi connectivity index (χ1n) is 7.36. The molecule has 1 aliphatic rings. The van der Waals surface area contributed by atoms with E-state index in [0.717, 1.165) is 6.07 Å². The Labute approximate surface area is 136 Å². The fourth-order valence-corrected chi connectivity index (χ4v) is 2.77. The number of nitrogens with one attached hydrogen (secondary N) is 2. The topological polar surface area (TPSA) is 58.2 Å². The number of carbonyl (C=O) groups excluding carboxylic acids is 2. The van der Waals surface area contributed by atoms with Crippen molar-refractivity contribution in [2.45, 2.75) is 26.9 Å². The standard InChI is InChI=1S/C16H18F4N2O2/c1-15(2,3)10-7-21-13(23)12(10)14(24)22-8-4-5-11(17)9(6-8)16(18,19)20/h4-6,10,12H,7H2,1-3H3,(H,21,23)(H,22,24). The number of alkyl halides is 3. The van der Waals surface area contributed by atoms with Crippen LogP contribution in [0.15, 0.2) is 18.2 Å². The average molecular weight is 346 g/mol. The normalized spacial score (nSPS) is 21.5. The largest absolute Gasteiger partial charge is 0.419 e. The van der Waals surface area contributed by atoms with Crippen LogP contribution in [0.2, 0.25) is 0 Å². The summed E-state index contributed by atoms with van der Waals surface area (Å²) in [5.41, 5.74) is -2.02. The van der Waals surface area contributed by atoms with Gasteiger partial charge in [0.15, 0.2) is 0 Å². The highest BCUT2D eigenvalue weighted by Gasteiger charge is 2.45. The molecular weight excluding hydrogens is 328 g/mol. The van der Waals surface area contributed by atoms with Gasteiger partial charge in [0.2, 0.25) is 11.8 Å². The third-order valence-electron chi connectivity index (χ3n) is 4.12. The van der Waals surface area contributed by atoms with E-state index in [2.05, 4.69) is 10.6 Å². The van der Waals surface area contributed by atoms with Crippen molar-refractivity contribution in [1.82, 2.24) is 5.32 Å². The summed E-state index contributed by atoms with van der Waals surface area (Å²) in [6, 6.07) is 2.18. The third kappa shape index (κ3) is 3.68. The van der Waals surface area contributed by atoms with Crippen molar-refractivity contribution in [3.8, 4) is 0 Å². The monoisotopic (exact) mass is 346 g/mol. The minimum Gasteiger partial charge on any atom is -0.355 e. The lowest BCUT2D eigenvalue weighted by atomic mass is 9.74. The van der Waals surface area contributed by atoms with Gasteiger partial charge in [0, 0.05) is 18.2 Å². The van der Waals surface area contributed by atoms with Crippen LogP contribution >= 0.6 is 0 Å². The second-order valence-corrected chi connectivity index (χ2v) is 6.88. The summed E-state index contributed by atoms with van der Waals surface area (Å²) in [5, 5.41) is 4.89. The molecule has 132 valence electrons. The molecule has 0 radical (unpaired) electrons. The van der Waals surface area contributed by atoms with Crippen LogP contribution in [0.3, 0.4) is 0 Å². The van der Waals surface area contributed by atoms with E-state index in [1.54, 1.807) is 0 Å². The lowest BCUT2D eigenvalue weighted by Crippen LogP contribution is -2.37. The van der Waals surface area contributed by atoms with E-state index in [0.29, 0.717) is 18.7 Å². The Bertz CT molecular complexity index is 665. The van der Waals surface area contributed by atoms with Crippen LogP contribution in [0, 0.1) is 23.1 Å². The minimum atomic E-state index is -4.87. The van der Waals surface area contributed by atoms with Crippen molar-refractivity contribution in [1.29, 1.82) is 0 Å². The molecule has 0 saturated carbocycles. The molecule has 1 heterocycles. The predicted molar refractivity (Wildman–Crippen MR) is 79.5 cm³/mol. The Morgan fingerprint density at radius 1 is 1.25 bits per heavy atom. The molecule has 1 aliphatic heterocycles. The number of rotatable bonds is 2. The minimum absolute atomic E-state index is 0.207. The second kappa shape index (κ2) is 6.07. The maximum absolute atomic E-state index is 13.3. The zero-order valence-corrected chi connectivity index (χ0v) is 13.4. The van der Waals surface area contributed by atoms with Crippen LogP contribution < -0.4 is 10.6 Å². The van der Waals surface area contributed by atoms with Gasteiger partial charge in [-0.3, -0.25) is 9.59 Å². The van der Waals surface area contributed by atoms with Crippen molar-refractivity contribution >= 4 is 17.5 Å². The van der Waals surface area contributed by atoms with Crippen LogP contribution in [-0.4, -0.2) is 18.4 Å². The van der Waals surface area contributed by atoms with Crippen molar-refractivity contribution in [3.63, 3.8) is 0 Å². The quantitative estimate of drug-likeness (QED) is 0.638. The van der Waals surface area contributed by atoms with Gasteiger partial charge < -0.3 is 10.6 Å². The van der Waals surface area contributed by atoms with Crippen LogP contribution in [0.4, 0.5) is 23.2 Å². The predicted octanol–water partition coefficient (Wildman–Crippen LogP) is 3.19. The van der Waals surface area contributed by atoms with Gasteiger partial charge >= 0.3 is 6.18 Å². The van der Waals surface area contributed by atoms with Gasteiger partial charge in [0.05, 0.1) is 5.56 Å². The molecule has 0 bridgehead atoms. The van der Waals surface area contributed by atoms with Gasteiger partial charge in [-0.15, -0.1) is 0 Å². The molecule has 1 aromatic carbocycles. The van der Waals surface area contributed by atoms with E-state index in [-0.39, 0.29) is 17.0 Å². The summed E-state index contributed by atoms with van der Waals surface area (Å²) in [6.07, 6.45) is -4.87. The number of halogens is 4. The number of hydrogen-bond donors (Lipinski definition) is 2. The number of benzene rings is 1. The number of hydrogen-bond acceptors (Lipinski definition) is 2. The molecule has 0 aromatic heterocycles. The van der Waals surface area contributed by atoms with E-state index in [4.69, 9.17) is 0 Å². The molecule has 24 heavy (non-hydrogen) atoms. The Morgan fingerprint density at radius 2 is 1.88 bits per heavy atom. The van der Waals surface area contributed by atoms with Crippen LogP contribution in [0.1, 0.15) is 26.3 Å². The first-order valence-corrected chi connectivity index (χ1v) is 7.36. The summed E-state index contributed by atoms with van der Waals surface area (Å²) in [4.78, 5) is 24.3. The average Bonchev–Trinajstić information content (AvgIpc) is 2.81. The SMILES string of the molecule is CC(C)(C)C1CNC(=O)C1C(=O)Nc1ccc(F)c(C(F)(F)F)c1. The van der Waals surface area contributed by atoms with Gasteiger partial charge in [-0.25, -0.2) is 4.39 Å². The molecule has 2 N–H and O–H groups in total. The Hall–Kier alpha value is -2.12. The number of anilines is 1. The van der Waals surface area contributed by atoms with Crippen LogP contribution in [-0.2, 0) is 15.8 Å². The maximum Gasteiger partial charge on any atom is 0.419 e.